The Labute approximate surface area is 165 Å². The van der Waals surface area contributed by atoms with E-state index in [0.717, 1.165) is 9.21 Å². The van der Waals surface area contributed by atoms with E-state index in [9.17, 15) is 8.42 Å². The van der Waals surface area contributed by atoms with Crippen LogP contribution >= 0.6 is 46.9 Å². The van der Waals surface area contributed by atoms with Gasteiger partial charge in [0.15, 0.2) is 15.8 Å². The molecular formula is C14H25ClIN3O2S2. The molecule has 0 saturated heterocycles. The first-order valence-corrected chi connectivity index (χ1v) is 9.80. The Morgan fingerprint density at radius 3 is 2.43 bits per heavy atom. The fraction of sp³-hybridized carbons (Fsp3) is 0.643. The third-order valence-corrected chi connectivity index (χ3v) is 7.01. The van der Waals surface area contributed by atoms with Crippen molar-refractivity contribution < 1.29 is 8.42 Å². The van der Waals surface area contributed by atoms with Gasteiger partial charge in [0.1, 0.15) is 0 Å². The van der Waals surface area contributed by atoms with Gasteiger partial charge in [-0.2, -0.15) is 0 Å². The minimum atomic E-state index is -3.13. The molecule has 1 rings (SSSR count). The average Bonchev–Trinajstić information content (AvgIpc) is 2.78. The highest BCUT2D eigenvalue weighted by molar-refractivity contribution is 14.0. The second-order valence-corrected chi connectivity index (χ2v) is 10.6. The Hall–Kier alpha value is -0.0600. The molecule has 0 unspecified atom stereocenters. The summed E-state index contributed by atoms with van der Waals surface area (Å²) in [6, 6.07) is 3.84. The topological polar surface area (TPSA) is 61.8 Å². The van der Waals surface area contributed by atoms with Crippen LogP contribution < -0.4 is 5.32 Å². The van der Waals surface area contributed by atoms with Gasteiger partial charge in [0, 0.05) is 25.5 Å². The summed E-state index contributed by atoms with van der Waals surface area (Å²) in [4.78, 5) is 7.24. The molecule has 1 N–H and O–H groups in total. The summed E-state index contributed by atoms with van der Waals surface area (Å²) in [5, 5.41) is 3.09. The first kappa shape index (κ1) is 22.9. The Kier molecular flexibility index (Phi) is 9.41. The van der Waals surface area contributed by atoms with E-state index in [1.165, 1.54) is 11.3 Å². The SMILES string of the molecule is CN=C(NCCS(=O)(=O)C(C)(C)C)N(C)Cc1ccc(Cl)s1.I. The van der Waals surface area contributed by atoms with E-state index < -0.39 is 14.6 Å². The normalized spacial score (nSPS) is 12.7. The lowest BCUT2D eigenvalue weighted by atomic mass is 10.3. The van der Waals surface area contributed by atoms with Gasteiger partial charge in [0.2, 0.25) is 0 Å². The maximum Gasteiger partial charge on any atom is 0.193 e. The number of aliphatic imine (C=N–C) groups is 1. The molecule has 0 aliphatic heterocycles. The van der Waals surface area contributed by atoms with Gasteiger partial charge in [-0.15, -0.1) is 35.3 Å². The zero-order valence-corrected chi connectivity index (χ0v) is 18.8. The van der Waals surface area contributed by atoms with Crippen molar-refractivity contribution in [1.29, 1.82) is 0 Å². The van der Waals surface area contributed by atoms with Crippen molar-refractivity contribution in [1.82, 2.24) is 10.2 Å². The largest absolute Gasteiger partial charge is 0.355 e. The summed E-state index contributed by atoms with van der Waals surface area (Å²) in [6.07, 6.45) is 0. The van der Waals surface area contributed by atoms with Crippen molar-refractivity contribution in [3.8, 4) is 0 Å². The second-order valence-electron chi connectivity index (χ2n) is 5.97. The van der Waals surface area contributed by atoms with E-state index in [1.807, 2.05) is 24.1 Å². The van der Waals surface area contributed by atoms with Crippen LogP contribution in [-0.4, -0.2) is 50.4 Å². The van der Waals surface area contributed by atoms with Crippen LogP contribution in [0.2, 0.25) is 4.34 Å². The quantitative estimate of drug-likeness (QED) is 0.389. The maximum atomic E-state index is 12.1. The van der Waals surface area contributed by atoms with Crippen LogP contribution in [0.4, 0.5) is 0 Å². The summed E-state index contributed by atoms with van der Waals surface area (Å²) >= 11 is 7.44. The molecule has 1 heterocycles. The summed E-state index contributed by atoms with van der Waals surface area (Å²) in [7, 11) is 0.449. The molecule has 0 aliphatic rings. The second kappa shape index (κ2) is 9.43. The predicted octanol–water partition coefficient (Wildman–Crippen LogP) is 3.24. The van der Waals surface area contributed by atoms with Crippen LogP contribution in [0.15, 0.2) is 17.1 Å². The molecule has 5 nitrogen and oxygen atoms in total. The molecule has 0 saturated carbocycles. The molecule has 0 spiro atoms. The number of hydrogen-bond donors (Lipinski definition) is 1. The molecular weight excluding hydrogens is 469 g/mol. The fourth-order valence-corrected chi connectivity index (χ4v) is 3.86. The van der Waals surface area contributed by atoms with Gasteiger partial charge in [-0.05, 0) is 32.9 Å². The van der Waals surface area contributed by atoms with Crippen molar-refractivity contribution in [2.75, 3.05) is 26.4 Å². The molecule has 1 aromatic rings. The molecule has 0 bridgehead atoms. The Bertz CT molecular complexity index is 624. The average molecular weight is 494 g/mol. The smallest absolute Gasteiger partial charge is 0.193 e. The molecule has 23 heavy (non-hydrogen) atoms. The number of rotatable bonds is 5. The number of halogens is 2. The van der Waals surface area contributed by atoms with E-state index in [4.69, 9.17) is 11.6 Å². The molecule has 9 heteroatoms. The van der Waals surface area contributed by atoms with Crippen LogP contribution in [0.5, 0.6) is 0 Å². The first-order chi connectivity index (χ1) is 10.1. The van der Waals surface area contributed by atoms with E-state index in [2.05, 4.69) is 10.3 Å². The Morgan fingerprint density at radius 2 is 2.00 bits per heavy atom. The van der Waals surface area contributed by atoms with Crippen LogP contribution in [0.1, 0.15) is 25.6 Å². The minimum absolute atomic E-state index is 0. The van der Waals surface area contributed by atoms with Gasteiger partial charge in [-0.1, -0.05) is 11.6 Å². The van der Waals surface area contributed by atoms with Crippen LogP contribution in [0.25, 0.3) is 0 Å². The minimum Gasteiger partial charge on any atom is -0.355 e. The van der Waals surface area contributed by atoms with E-state index in [0.29, 0.717) is 19.0 Å². The molecule has 0 aromatic carbocycles. The monoisotopic (exact) mass is 493 g/mol. The third-order valence-electron chi connectivity index (χ3n) is 3.18. The van der Waals surface area contributed by atoms with Crippen molar-refractivity contribution >= 4 is 62.7 Å². The van der Waals surface area contributed by atoms with Gasteiger partial charge in [-0.3, -0.25) is 4.99 Å². The number of guanidine groups is 1. The van der Waals surface area contributed by atoms with E-state index in [-0.39, 0.29) is 29.7 Å². The summed E-state index contributed by atoms with van der Waals surface area (Å²) in [5.74, 6) is 0.738. The van der Waals surface area contributed by atoms with Crippen molar-refractivity contribution in [2.45, 2.75) is 32.1 Å². The van der Waals surface area contributed by atoms with Gasteiger partial charge in [-0.25, -0.2) is 8.42 Å². The highest BCUT2D eigenvalue weighted by Gasteiger charge is 2.28. The molecule has 0 radical (unpaired) electrons. The van der Waals surface area contributed by atoms with Crippen molar-refractivity contribution in [3.05, 3.63) is 21.3 Å². The number of nitrogens with zero attached hydrogens (tertiary/aromatic N) is 2. The maximum absolute atomic E-state index is 12.1. The van der Waals surface area contributed by atoms with Gasteiger partial charge < -0.3 is 10.2 Å². The Morgan fingerprint density at radius 1 is 1.39 bits per heavy atom. The van der Waals surface area contributed by atoms with E-state index in [1.54, 1.807) is 27.8 Å². The Balaban J connectivity index is 0.00000484. The number of thiophene rings is 1. The standard InChI is InChI=1S/C14H24ClN3O2S2.HI/c1-14(2,3)22(19,20)9-8-17-13(16-4)18(5)10-11-6-7-12(15)21-11;/h6-7H,8-10H2,1-5H3,(H,16,17);1H. The lowest BCUT2D eigenvalue weighted by Crippen LogP contribution is -2.42. The lowest BCUT2D eigenvalue weighted by molar-refractivity contribution is 0.483. The van der Waals surface area contributed by atoms with E-state index >= 15 is 0 Å². The fourth-order valence-electron chi connectivity index (χ4n) is 1.73. The summed E-state index contributed by atoms with van der Waals surface area (Å²) < 4.78 is 24.2. The molecule has 0 amide bonds. The van der Waals surface area contributed by atoms with Crippen LogP contribution in [-0.2, 0) is 16.4 Å². The van der Waals surface area contributed by atoms with Crippen molar-refractivity contribution in [2.24, 2.45) is 4.99 Å². The predicted molar refractivity (Wildman–Crippen MR) is 111 cm³/mol. The van der Waals surface area contributed by atoms with Crippen molar-refractivity contribution in [3.63, 3.8) is 0 Å². The first-order valence-electron chi connectivity index (χ1n) is 6.95. The molecule has 0 atom stereocenters. The number of sulfone groups is 1. The third kappa shape index (κ3) is 7.15. The summed E-state index contributed by atoms with van der Waals surface area (Å²) in [6.45, 7) is 6.14. The van der Waals surface area contributed by atoms with Gasteiger partial charge in [0.25, 0.3) is 0 Å². The molecule has 0 fully saturated rings. The van der Waals surface area contributed by atoms with Crippen LogP contribution in [0.3, 0.4) is 0 Å². The highest BCUT2D eigenvalue weighted by Crippen LogP contribution is 2.22. The zero-order valence-electron chi connectivity index (χ0n) is 14.1. The summed E-state index contributed by atoms with van der Waals surface area (Å²) in [5.41, 5.74) is 0. The lowest BCUT2D eigenvalue weighted by Gasteiger charge is -2.23. The molecule has 1 aromatic heterocycles. The highest BCUT2D eigenvalue weighted by atomic mass is 127. The zero-order chi connectivity index (χ0) is 17.0. The number of nitrogens with one attached hydrogen (secondary N) is 1. The van der Waals surface area contributed by atoms with Gasteiger partial charge in [0.05, 0.1) is 21.4 Å². The molecule has 0 aliphatic carbocycles. The molecule has 134 valence electrons. The van der Waals surface area contributed by atoms with Crippen LogP contribution in [0, 0.1) is 0 Å². The van der Waals surface area contributed by atoms with Gasteiger partial charge >= 0.3 is 0 Å². The number of hydrogen-bond acceptors (Lipinski definition) is 4.